The van der Waals surface area contributed by atoms with Gasteiger partial charge in [-0.05, 0) is 22.6 Å². The standard InChI is InChI=1S/C9H13NO6S3/c1-3-17-19-9(15)18-7-4(16-2)5(11)10(7)6(12)8(13)14/h4,6-7,12H,3H2,1-2H3,(H,13,14). The Morgan fingerprint density at radius 1 is 1.53 bits per heavy atom. The normalized spacial score (nSPS) is 23.9. The molecule has 3 unspecified atom stereocenters. The minimum absolute atomic E-state index is 0.269. The Hall–Kier alpha value is -0.420. The minimum atomic E-state index is -1.96. The molecule has 1 fully saturated rings. The van der Waals surface area contributed by atoms with Gasteiger partial charge >= 0.3 is 5.97 Å². The molecule has 0 radical (unpaired) electrons. The Bertz CT molecular complexity index is 379. The molecule has 1 aliphatic rings. The third kappa shape index (κ3) is 3.78. The lowest BCUT2D eigenvalue weighted by Crippen LogP contribution is -2.68. The summed E-state index contributed by atoms with van der Waals surface area (Å²) in [6.45, 7) is 1.89. The van der Waals surface area contributed by atoms with Crippen molar-refractivity contribution in [1.29, 1.82) is 0 Å². The summed E-state index contributed by atoms with van der Waals surface area (Å²) in [6.07, 6.45) is -2.87. The topological polar surface area (TPSA) is 104 Å². The number of hydrogen-bond acceptors (Lipinski definition) is 8. The average molecular weight is 327 g/mol. The molecule has 1 amide bonds. The number of ether oxygens (including phenoxy) is 1. The van der Waals surface area contributed by atoms with Crippen LogP contribution in [-0.4, -0.2) is 62.0 Å². The number of carbonyl (C=O) groups excluding carboxylic acids is 2. The van der Waals surface area contributed by atoms with Crippen LogP contribution in [-0.2, 0) is 14.3 Å². The van der Waals surface area contributed by atoms with E-state index in [4.69, 9.17) is 9.84 Å². The van der Waals surface area contributed by atoms with Gasteiger partial charge in [-0.25, -0.2) is 4.79 Å². The van der Waals surface area contributed by atoms with Crippen LogP contribution in [0.1, 0.15) is 6.92 Å². The molecule has 19 heavy (non-hydrogen) atoms. The first kappa shape index (κ1) is 16.6. The molecule has 108 valence electrons. The van der Waals surface area contributed by atoms with Crippen LogP contribution in [0.15, 0.2) is 0 Å². The van der Waals surface area contributed by atoms with E-state index in [1.54, 1.807) is 0 Å². The van der Waals surface area contributed by atoms with Gasteiger partial charge in [0.25, 0.3) is 10.4 Å². The molecular formula is C9H13NO6S3. The van der Waals surface area contributed by atoms with Gasteiger partial charge in [-0.15, -0.1) is 0 Å². The maximum atomic E-state index is 11.6. The van der Waals surface area contributed by atoms with Crippen LogP contribution in [0.5, 0.6) is 0 Å². The number of likely N-dealkylation sites (tertiary alicyclic amines) is 1. The number of methoxy groups -OCH3 is 1. The molecule has 0 saturated carbocycles. The molecule has 1 saturated heterocycles. The molecule has 0 aromatic rings. The van der Waals surface area contributed by atoms with Crippen molar-refractivity contribution in [2.24, 2.45) is 0 Å². The summed E-state index contributed by atoms with van der Waals surface area (Å²) in [5.74, 6) is -1.44. The molecule has 1 rings (SSSR count). The molecule has 1 heterocycles. The number of aliphatic hydroxyl groups is 1. The average Bonchev–Trinajstić information content (AvgIpc) is 2.36. The third-order valence-electron chi connectivity index (χ3n) is 2.23. The zero-order chi connectivity index (χ0) is 14.6. The number of thioether (sulfide) groups is 1. The Balaban J connectivity index is 2.68. The van der Waals surface area contributed by atoms with Crippen LogP contribution in [0.3, 0.4) is 0 Å². The fourth-order valence-corrected chi connectivity index (χ4v) is 4.37. The van der Waals surface area contributed by atoms with Crippen molar-refractivity contribution in [1.82, 2.24) is 4.90 Å². The maximum Gasteiger partial charge on any atom is 0.354 e. The second-order valence-corrected chi connectivity index (χ2v) is 7.27. The lowest BCUT2D eigenvalue weighted by atomic mass is 10.1. The van der Waals surface area contributed by atoms with Gasteiger partial charge in [0.15, 0.2) is 6.10 Å². The zero-order valence-electron chi connectivity index (χ0n) is 10.1. The van der Waals surface area contributed by atoms with Crippen LogP contribution in [0.4, 0.5) is 4.79 Å². The van der Waals surface area contributed by atoms with Gasteiger partial charge in [-0.1, -0.05) is 17.7 Å². The van der Waals surface area contributed by atoms with Gasteiger partial charge in [0.05, 0.1) is 0 Å². The number of carboxylic acids is 1. The lowest BCUT2D eigenvalue weighted by Gasteiger charge is -2.45. The number of hydrogen-bond donors (Lipinski definition) is 2. The van der Waals surface area contributed by atoms with Gasteiger partial charge in [-0.2, -0.15) is 0 Å². The van der Waals surface area contributed by atoms with Crippen molar-refractivity contribution < 1.29 is 29.3 Å². The number of amides is 1. The smallest absolute Gasteiger partial charge is 0.354 e. The van der Waals surface area contributed by atoms with Crippen molar-refractivity contribution in [3.05, 3.63) is 0 Å². The summed E-state index contributed by atoms with van der Waals surface area (Å²) in [5, 5.41) is 17.3. The van der Waals surface area contributed by atoms with Gasteiger partial charge in [0, 0.05) is 12.9 Å². The summed E-state index contributed by atoms with van der Waals surface area (Å²) >= 11 is 0.777. The van der Waals surface area contributed by atoms with Crippen LogP contribution >= 0.6 is 33.3 Å². The van der Waals surface area contributed by atoms with Gasteiger partial charge in [-0.3, -0.25) is 14.5 Å². The minimum Gasteiger partial charge on any atom is -0.478 e. The Morgan fingerprint density at radius 3 is 2.63 bits per heavy atom. The zero-order valence-corrected chi connectivity index (χ0v) is 12.6. The van der Waals surface area contributed by atoms with E-state index in [0.29, 0.717) is 0 Å². The van der Waals surface area contributed by atoms with E-state index in [-0.39, 0.29) is 4.45 Å². The van der Waals surface area contributed by atoms with Crippen LogP contribution < -0.4 is 0 Å². The molecule has 1 aliphatic heterocycles. The Morgan fingerprint density at radius 2 is 2.16 bits per heavy atom. The highest BCUT2D eigenvalue weighted by Gasteiger charge is 2.53. The summed E-state index contributed by atoms with van der Waals surface area (Å²) in [6, 6.07) is 0. The number of aliphatic hydroxyl groups excluding tert-OH is 1. The summed E-state index contributed by atoms with van der Waals surface area (Å²) in [7, 11) is 3.64. The lowest BCUT2D eigenvalue weighted by molar-refractivity contribution is -0.190. The van der Waals surface area contributed by atoms with Gasteiger partial charge in [0.1, 0.15) is 5.37 Å². The molecule has 0 bridgehead atoms. The first-order valence-electron chi connectivity index (χ1n) is 5.20. The Kier molecular flexibility index (Phi) is 6.47. The predicted octanol–water partition coefficient (Wildman–Crippen LogP) is 0.827. The van der Waals surface area contributed by atoms with E-state index < -0.39 is 29.6 Å². The second-order valence-electron chi connectivity index (χ2n) is 3.36. The van der Waals surface area contributed by atoms with E-state index in [1.807, 2.05) is 6.92 Å². The van der Waals surface area contributed by atoms with E-state index in [0.717, 1.165) is 33.2 Å². The molecule has 0 aliphatic carbocycles. The molecule has 3 atom stereocenters. The number of carbonyl (C=O) groups is 3. The van der Waals surface area contributed by atoms with Crippen molar-refractivity contribution in [2.45, 2.75) is 24.6 Å². The highest BCUT2D eigenvalue weighted by molar-refractivity contribution is 8.85. The van der Waals surface area contributed by atoms with Gasteiger partial charge < -0.3 is 14.9 Å². The summed E-state index contributed by atoms with van der Waals surface area (Å²) in [5.41, 5.74) is 0. The first-order chi connectivity index (χ1) is 8.93. The first-order valence-corrected chi connectivity index (χ1v) is 8.39. The van der Waals surface area contributed by atoms with E-state index in [1.165, 1.54) is 17.9 Å². The SMILES string of the molecule is CCSSC(=O)SC1C(OC)C(=O)N1C(O)C(=O)O. The number of rotatable bonds is 6. The number of β-lactam (4-membered cyclic amide) rings is 1. The molecule has 0 spiro atoms. The van der Waals surface area contributed by atoms with Gasteiger partial charge in [0.2, 0.25) is 6.23 Å². The predicted molar refractivity (Wildman–Crippen MR) is 73.8 cm³/mol. The summed E-state index contributed by atoms with van der Waals surface area (Å²) in [4.78, 5) is 34.6. The van der Waals surface area contributed by atoms with E-state index in [9.17, 15) is 19.5 Å². The number of nitrogens with zero attached hydrogens (tertiary/aromatic N) is 1. The molecule has 7 nitrogen and oxygen atoms in total. The molecular weight excluding hydrogens is 314 g/mol. The fraction of sp³-hybridized carbons (Fsp3) is 0.667. The van der Waals surface area contributed by atoms with Crippen molar-refractivity contribution in [2.75, 3.05) is 12.9 Å². The number of aliphatic carboxylic acids is 1. The highest BCUT2D eigenvalue weighted by Crippen LogP contribution is 2.39. The summed E-state index contributed by atoms with van der Waals surface area (Å²) < 4.78 is 4.62. The quantitative estimate of drug-likeness (QED) is 0.542. The second kappa shape index (κ2) is 7.39. The largest absolute Gasteiger partial charge is 0.478 e. The van der Waals surface area contributed by atoms with Crippen LogP contribution in [0.25, 0.3) is 0 Å². The third-order valence-corrected chi connectivity index (χ3v) is 6.00. The fourth-order valence-electron chi connectivity index (χ4n) is 1.40. The molecule has 2 N–H and O–H groups in total. The van der Waals surface area contributed by atoms with E-state index in [2.05, 4.69) is 0 Å². The monoisotopic (exact) mass is 327 g/mol. The maximum absolute atomic E-state index is 11.6. The number of carboxylic acid groups (broad SMARTS) is 1. The van der Waals surface area contributed by atoms with E-state index >= 15 is 0 Å². The molecule has 0 aromatic carbocycles. The van der Waals surface area contributed by atoms with Crippen molar-refractivity contribution >= 4 is 49.7 Å². The van der Waals surface area contributed by atoms with Crippen LogP contribution in [0.2, 0.25) is 0 Å². The highest BCUT2D eigenvalue weighted by atomic mass is 33.1. The van der Waals surface area contributed by atoms with Crippen molar-refractivity contribution in [3.8, 4) is 0 Å². The van der Waals surface area contributed by atoms with Crippen molar-refractivity contribution in [3.63, 3.8) is 0 Å². The molecule has 0 aromatic heterocycles. The molecule has 10 heteroatoms. The van der Waals surface area contributed by atoms with Crippen LogP contribution in [0, 0.1) is 0 Å². The Labute approximate surface area is 121 Å².